The Bertz CT molecular complexity index is 1350. The Balaban J connectivity index is 0.00000380. The molecule has 0 N–H and O–H groups in total. The molecule has 1 aliphatic rings. The van der Waals surface area contributed by atoms with Crippen LogP contribution < -0.4 is 0 Å². The van der Waals surface area contributed by atoms with Gasteiger partial charge in [-0.25, -0.2) is 0 Å². The summed E-state index contributed by atoms with van der Waals surface area (Å²) in [6, 6.07) is 28.9. The Hall–Kier alpha value is -3.96. The largest absolute Gasteiger partial charge is 0.294 e. The Morgan fingerprint density at radius 1 is 0.919 bits per heavy atom. The van der Waals surface area contributed by atoms with Crippen molar-refractivity contribution < 1.29 is 4.79 Å². The van der Waals surface area contributed by atoms with E-state index >= 15 is 0 Å². The average Bonchev–Trinajstić information content (AvgIpc) is 3.11. The molecule has 0 aliphatic heterocycles. The van der Waals surface area contributed by atoms with E-state index in [0.29, 0.717) is 12.0 Å². The zero-order chi connectivity index (χ0) is 25.3. The summed E-state index contributed by atoms with van der Waals surface area (Å²) in [6.45, 7) is 4.15. The molecule has 0 bridgehead atoms. The van der Waals surface area contributed by atoms with E-state index in [9.17, 15) is 10.1 Å². The van der Waals surface area contributed by atoms with Gasteiger partial charge in [0.2, 0.25) is 0 Å². The lowest BCUT2D eigenvalue weighted by molar-refractivity contribution is -0.118. The first-order chi connectivity index (χ1) is 17.5. The molecule has 0 radical (unpaired) electrons. The van der Waals surface area contributed by atoms with Crippen LogP contribution in [0.15, 0.2) is 108 Å². The lowest BCUT2D eigenvalue weighted by Crippen LogP contribution is -2.17. The number of nitrogens with zero attached hydrogens (tertiary/aromatic N) is 1. The number of Topliss-reactive ketones (excluding diaryl/α,β-unsaturated/α-hetero) is 1. The maximum absolute atomic E-state index is 13.7. The molecule has 0 spiro atoms. The topological polar surface area (TPSA) is 40.9 Å². The highest BCUT2D eigenvalue weighted by atomic mass is 16.1. The summed E-state index contributed by atoms with van der Waals surface area (Å²) in [5, 5.41) is 9.66. The van der Waals surface area contributed by atoms with Crippen molar-refractivity contribution in [1.82, 2.24) is 0 Å². The van der Waals surface area contributed by atoms with Crippen molar-refractivity contribution in [2.24, 2.45) is 5.92 Å². The van der Waals surface area contributed by atoms with E-state index in [1.165, 1.54) is 16.7 Å². The fourth-order valence-electron chi connectivity index (χ4n) is 4.92. The van der Waals surface area contributed by atoms with Gasteiger partial charge >= 0.3 is 0 Å². The van der Waals surface area contributed by atoms with Crippen molar-refractivity contribution in [3.8, 4) is 6.07 Å². The summed E-state index contributed by atoms with van der Waals surface area (Å²) in [6.07, 6.45) is 10.5. The molecule has 0 unspecified atom stereocenters. The molecule has 37 heavy (non-hydrogen) atoms. The molecule has 1 aliphatic carbocycles. The second kappa shape index (κ2) is 13.4. The molecular weight excluding hydrogens is 450 g/mol. The number of aryl methyl sites for hydroxylation is 2. The zero-order valence-electron chi connectivity index (χ0n) is 21.2. The highest BCUT2D eigenvalue weighted by Gasteiger charge is 2.22. The van der Waals surface area contributed by atoms with Crippen LogP contribution in [0, 0.1) is 24.2 Å². The van der Waals surface area contributed by atoms with Crippen molar-refractivity contribution in [2.45, 2.75) is 53.4 Å². The van der Waals surface area contributed by atoms with Gasteiger partial charge in [-0.05, 0) is 72.9 Å². The Labute approximate surface area is 222 Å². The van der Waals surface area contributed by atoms with Crippen molar-refractivity contribution in [1.29, 1.82) is 5.26 Å². The second-order valence-electron chi connectivity index (χ2n) is 9.64. The van der Waals surface area contributed by atoms with Gasteiger partial charge in [0.1, 0.15) is 0 Å². The van der Waals surface area contributed by atoms with Gasteiger partial charge in [0.05, 0.1) is 11.6 Å². The molecule has 0 fully saturated rings. The molecule has 4 rings (SSSR count). The Morgan fingerprint density at radius 3 is 2.41 bits per heavy atom. The number of carbonyl (C=O) groups is 1. The highest BCUT2D eigenvalue weighted by Crippen LogP contribution is 2.31. The summed E-state index contributed by atoms with van der Waals surface area (Å²) in [4.78, 5) is 13.7. The van der Waals surface area contributed by atoms with Gasteiger partial charge in [0, 0.05) is 11.5 Å². The predicted molar refractivity (Wildman–Crippen MR) is 155 cm³/mol. The van der Waals surface area contributed by atoms with Gasteiger partial charge in [-0.15, -0.1) is 0 Å². The summed E-state index contributed by atoms with van der Waals surface area (Å²) in [7, 11) is 0. The third kappa shape index (κ3) is 7.28. The van der Waals surface area contributed by atoms with E-state index < -0.39 is 0 Å². The molecule has 0 saturated heterocycles. The minimum Gasteiger partial charge on any atom is -0.294 e. The minimum absolute atomic E-state index is 0. The van der Waals surface area contributed by atoms with E-state index in [0.717, 1.165) is 48.0 Å². The van der Waals surface area contributed by atoms with Gasteiger partial charge in [-0.1, -0.05) is 111 Å². The fourth-order valence-corrected chi connectivity index (χ4v) is 4.92. The molecule has 0 heterocycles. The summed E-state index contributed by atoms with van der Waals surface area (Å²) in [5.41, 5.74) is 8.29. The number of allylic oxidation sites excluding steroid dienone is 6. The Morgan fingerprint density at radius 2 is 1.65 bits per heavy atom. The van der Waals surface area contributed by atoms with Gasteiger partial charge in [-0.3, -0.25) is 4.79 Å². The predicted octanol–water partition coefficient (Wildman–Crippen LogP) is 8.61. The van der Waals surface area contributed by atoms with Crippen LogP contribution >= 0.6 is 0 Å². The molecule has 0 amide bonds. The third-order valence-corrected chi connectivity index (χ3v) is 6.79. The van der Waals surface area contributed by atoms with Crippen LogP contribution in [-0.4, -0.2) is 5.78 Å². The molecule has 0 saturated carbocycles. The van der Waals surface area contributed by atoms with E-state index in [1.54, 1.807) is 0 Å². The molecule has 2 nitrogen and oxygen atoms in total. The molecule has 0 aromatic heterocycles. The van der Waals surface area contributed by atoms with Gasteiger partial charge < -0.3 is 0 Å². The number of hydrogen-bond donors (Lipinski definition) is 0. The van der Waals surface area contributed by atoms with Crippen LogP contribution in [0.4, 0.5) is 0 Å². The fraction of sp³-hybridized carbons (Fsp3) is 0.257. The monoisotopic (exact) mass is 487 g/mol. The van der Waals surface area contributed by atoms with E-state index in [2.05, 4.69) is 67.6 Å². The first-order valence-corrected chi connectivity index (χ1v) is 12.8. The number of carbonyl (C=O) groups excluding carboxylic acids is 1. The minimum atomic E-state index is -0.105. The van der Waals surface area contributed by atoms with Gasteiger partial charge in [0.25, 0.3) is 0 Å². The Kier molecular flexibility index (Phi) is 9.99. The molecule has 1 atom stereocenters. The van der Waals surface area contributed by atoms with Crippen LogP contribution in [-0.2, 0) is 17.6 Å². The smallest absolute Gasteiger partial charge is 0.165 e. The SMILES string of the molecule is C.Cc1cccc(CCCC2=CC(c3ccccc3C#N)=CCC=C2C(=O)[C@@H](C)Cc2ccccc2)c1. The van der Waals surface area contributed by atoms with Crippen LogP contribution in [0.3, 0.4) is 0 Å². The van der Waals surface area contributed by atoms with Crippen LogP contribution in [0.2, 0.25) is 0 Å². The summed E-state index contributed by atoms with van der Waals surface area (Å²) >= 11 is 0. The maximum Gasteiger partial charge on any atom is 0.165 e. The number of rotatable bonds is 9. The van der Waals surface area contributed by atoms with E-state index in [1.807, 2.05) is 49.4 Å². The number of hydrogen-bond acceptors (Lipinski definition) is 2. The van der Waals surface area contributed by atoms with Gasteiger partial charge in [-0.2, -0.15) is 5.26 Å². The van der Waals surface area contributed by atoms with Crippen LogP contribution in [0.5, 0.6) is 0 Å². The van der Waals surface area contributed by atoms with E-state index in [-0.39, 0.29) is 19.1 Å². The summed E-state index contributed by atoms with van der Waals surface area (Å²) < 4.78 is 0. The van der Waals surface area contributed by atoms with Crippen LogP contribution in [0.1, 0.15) is 61.4 Å². The quantitative estimate of drug-likeness (QED) is 0.303. The highest BCUT2D eigenvalue weighted by molar-refractivity contribution is 6.02. The lowest BCUT2D eigenvalue weighted by Gasteiger charge is -2.17. The summed E-state index contributed by atoms with van der Waals surface area (Å²) in [5.74, 6) is 0.0932. The number of benzene rings is 3. The van der Waals surface area contributed by atoms with Crippen molar-refractivity contribution in [3.63, 3.8) is 0 Å². The number of ketones is 1. The molecule has 2 heteroatoms. The van der Waals surface area contributed by atoms with Crippen molar-refractivity contribution in [2.75, 3.05) is 0 Å². The van der Waals surface area contributed by atoms with Gasteiger partial charge in [0.15, 0.2) is 5.78 Å². The number of nitriles is 1. The normalized spacial score (nSPS) is 13.7. The first kappa shape index (κ1) is 27.6. The maximum atomic E-state index is 13.7. The second-order valence-corrected chi connectivity index (χ2v) is 9.64. The van der Waals surface area contributed by atoms with E-state index in [4.69, 9.17) is 0 Å². The molecule has 188 valence electrons. The molecule has 3 aromatic rings. The molecule has 3 aromatic carbocycles. The van der Waals surface area contributed by atoms with Crippen LogP contribution in [0.25, 0.3) is 5.57 Å². The average molecular weight is 488 g/mol. The third-order valence-electron chi connectivity index (χ3n) is 6.79. The zero-order valence-corrected chi connectivity index (χ0v) is 21.2. The van der Waals surface area contributed by atoms with Crippen molar-refractivity contribution in [3.05, 3.63) is 136 Å². The first-order valence-electron chi connectivity index (χ1n) is 12.8. The lowest BCUT2D eigenvalue weighted by atomic mass is 9.86. The standard InChI is InChI=1S/C34H33NO.CH4/c1-25-11-8-14-27(21-25)15-9-17-30-23-29(32-19-7-6-16-31(32)24-35)18-10-20-33(30)34(36)26(2)22-28-12-4-3-5-13-28;/h3-8,11-14,16,18-21,23,26H,9-10,15,17,22H2,1-2H3;1H4/t26-;/m0./s1. The molecular formula is C35H37NO. The van der Waals surface area contributed by atoms with Crippen molar-refractivity contribution >= 4 is 11.4 Å².